The first-order valence-corrected chi connectivity index (χ1v) is 6.91. The van der Waals surface area contributed by atoms with Gasteiger partial charge < -0.3 is 9.73 Å². The summed E-state index contributed by atoms with van der Waals surface area (Å²) in [7, 11) is 0. The highest BCUT2D eigenvalue weighted by molar-refractivity contribution is 5.52. The molecule has 1 aromatic carbocycles. The lowest BCUT2D eigenvalue weighted by molar-refractivity contribution is 0.143. The molecule has 1 aliphatic heterocycles. The van der Waals surface area contributed by atoms with Crippen LogP contribution in [0.5, 0.6) is 0 Å². The van der Waals surface area contributed by atoms with Crippen LogP contribution in [0.4, 0.5) is 4.39 Å². The zero-order valence-electron chi connectivity index (χ0n) is 11.5. The number of benzene rings is 1. The minimum atomic E-state index is -0.280. The van der Waals surface area contributed by atoms with Crippen molar-refractivity contribution in [2.75, 3.05) is 19.6 Å². The van der Waals surface area contributed by atoms with Crippen molar-refractivity contribution in [2.45, 2.75) is 19.5 Å². The van der Waals surface area contributed by atoms with Crippen molar-refractivity contribution in [3.63, 3.8) is 0 Å². The van der Waals surface area contributed by atoms with Gasteiger partial charge in [0.15, 0.2) is 0 Å². The minimum absolute atomic E-state index is 0.280. The molecule has 1 aliphatic rings. The Bertz CT molecular complexity index is 580. The van der Waals surface area contributed by atoms with Crippen LogP contribution < -0.4 is 5.32 Å². The first-order chi connectivity index (χ1) is 9.76. The molecule has 2 heterocycles. The lowest BCUT2D eigenvalue weighted by atomic mass is 10.1. The van der Waals surface area contributed by atoms with E-state index in [1.54, 1.807) is 18.4 Å². The van der Waals surface area contributed by atoms with Crippen LogP contribution >= 0.6 is 0 Å². The Kier molecular flexibility index (Phi) is 3.80. The van der Waals surface area contributed by atoms with Crippen LogP contribution in [-0.4, -0.2) is 35.6 Å². The van der Waals surface area contributed by atoms with Crippen LogP contribution in [0, 0.1) is 5.82 Å². The maximum absolute atomic E-state index is 13.2. The number of aromatic nitrogens is 1. The molecule has 0 unspecified atom stereocenters. The van der Waals surface area contributed by atoms with Crippen molar-refractivity contribution in [3.05, 3.63) is 42.0 Å². The molecule has 0 bridgehead atoms. The van der Waals surface area contributed by atoms with E-state index < -0.39 is 0 Å². The fourth-order valence-electron chi connectivity index (χ4n) is 2.37. The van der Waals surface area contributed by atoms with Gasteiger partial charge >= 0.3 is 0 Å². The van der Waals surface area contributed by atoms with Gasteiger partial charge in [-0.2, -0.15) is 0 Å². The molecule has 0 radical (unpaired) electrons. The third-order valence-electron chi connectivity index (χ3n) is 3.67. The second kappa shape index (κ2) is 5.73. The van der Waals surface area contributed by atoms with Gasteiger partial charge in [0.2, 0.25) is 5.89 Å². The number of nitrogens with zero attached hydrogens (tertiary/aromatic N) is 2. The standard InChI is InChI=1S/C15H18FN3O/c1-2-19(14-7-17-8-14)9-13-10-20-15(18-13)11-4-3-5-12(16)6-11/h3-6,10,14,17H,2,7-9H2,1H3. The molecule has 0 atom stereocenters. The highest BCUT2D eigenvalue weighted by Gasteiger charge is 2.24. The number of halogens is 1. The number of hydrogen-bond acceptors (Lipinski definition) is 4. The summed E-state index contributed by atoms with van der Waals surface area (Å²) in [5.74, 6) is 0.195. The van der Waals surface area contributed by atoms with E-state index >= 15 is 0 Å². The first kappa shape index (κ1) is 13.3. The molecule has 0 aliphatic carbocycles. The maximum atomic E-state index is 13.2. The lowest BCUT2D eigenvalue weighted by Gasteiger charge is -2.37. The van der Waals surface area contributed by atoms with Crippen molar-refractivity contribution in [1.29, 1.82) is 0 Å². The molecule has 1 aromatic heterocycles. The summed E-state index contributed by atoms with van der Waals surface area (Å²) in [6, 6.07) is 6.88. The largest absolute Gasteiger partial charge is 0.444 e. The van der Waals surface area contributed by atoms with Crippen molar-refractivity contribution in [2.24, 2.45) is 0 Å². The molecule has 0 saturated carbocycles. The Labute approximate surface area is 117 Å². The number of rotatable bonds is 5. The van der Waals surface area contributed by atoms with E-state index in [-0.39, 0.29) is 5.82 Å². The molecular formula is C15H18FN3O. The lowest BCUT2D eigenvalue weighted by Crippen LogP contribution is -2.56. The number of likely N-dealkylation sites (N-methyl/N-ethyl adjacent to an activating group) is 1. The van der Waals surface area contributed by atoms with Gasteiger partial charge in [-0.15, -0.1) is 0 Å². The molecular weight excluding hydrogens is 257 g/mol. The van der Waals surface area contributed by atoms with E-state index in [1.165, 1.54) is 12.1 Å². The Morgan fingerprint density at radius 1 is 1.45 bits per heavy atom. The molecule has 20 heavy (non-hydrogen) atoms. The second-order valence-corrected chi connectivity index (χ2v) is 5.03. The topological polar surface area (TPSA) is 41.3 Å². The van der Waals surface area contributed by atoms with E-state index in [0.717, 1.165) is 31.9 Å². The van der Waals surface area contributed by atoms with Crippen LogP contribution in [0.1, 0.15) is 12.6 Å². The molecule has 4 nitrogen and oxygen atoms in total. The fraction of sp³-hybridized carbons (Fsp3) is 0.400. The zero-order valence-corrected chi connectivity index (χ0v) is 11.5. The summed E-state index contributed by atoms with van der Waals surface area (Å²) in [4.78, 5) is 6.82. The molecule has 5 heteroatoms. The van der Waals surface area contributed by atoms with E-state index in [9.17, 15) is 4.39 Å². The van der Waals surface area contributed by atoms with Crippen molar-refractivity contribution >= 4 is 0 Å². The van der Waals surface area contributed by atoms with Gasteiger partial charge in [-0.1, -0.05) is 13.0 Å². The van der Waals surface area contributed by atoms with Crippen LogP contribution in [0.3, 0.4) is 0 Å². The molecule has 1 N–H and O–H groups in total. The van der Waals surface area contributed by atoms with Crippen molar-refractivity contribution in [1.82, 2.24) is 15.2 Å². The van der Waals surface area contributed by atoms with Crippen molar-refractivity contribution in [3.8, 4) is 11.5 Å². The quantitative estimate of drug-likeness (QED) is 0.909. The van der Waals surface area contributed by atoms with E-state index in [0.29, 0.717) is 17.5 Å². The monoisotopic (exact) mass is 275 g/mol. The van der Waals surface area contributed by atoms with Gasteiger partial charge in [-0.3, -0.25) is 4.90 Å². The van der Waals surface area contributed by atoms with E-state index in [2.05, 4.69) is 22.1 Å². The Hall–Kier alpha value is -1.72. The van der Waals surface area contributed by atoms with Gasteiger partial charge in [0.1, 0.15) is 12.1 Å². The third-order valence-corrected chi connectivity index (χ3v) is 3.67. The molecule has 3 rings (SSSR count). The average molecular weight is 275 g/mol. The molecule has 1 fully saturated rings. The molecule has 0 amide bonds. The second-order valence-electron chi connectivity index (χ2n) is 5.03. The van der Waals surface area contributed by atoms with Crippen LogP contribution in [0.25, 0.3) is 11.5 Å². The summed E-state index contributed by atoms with van der Waals surface area (Å²) >= 11 is 0. The number of hydrogen-bond donors (Lipinski definition) is 1. The predicted octanol–water partition coefficient (Wildman–Crippen LogP) is 2.27. The van der Waals surface area contributed by atoms with Crippen LogP contribution in [0.2, 0.25) is 0 Å². The summed E-state index contributed by atoms with van der Waals surface area (Å²) in [6.07, 6.45) is 1.66. The van der Waals surface area contributed by atoms with E-state index in [4.69, 9.17) is 4.42 Å². The smallest absolute Gasteiger partial charge is 0.226 e. The Morgan fingerprint density at radius 2 is 2.30 bits per heavy atom. The molecule has 106 valence electrons. The maximum Gasteiger partial charge on any atom is 0.226 e. The van der Waals surface area contributed by atoms with Crippen LogP contribution in [-0.2, 0) is 6.54 Å². The summed E-state index contributed by atoms with van der Waals surface area (Å²) in [5.41, 5.74) is 1.56. The average Bonchev–Trinajstić information content (AvgIpc) is 2.84. The molecule has 2 aromatic rings. The summed E-state index contributed by atoms with van der Waals surface area (Å²) in [6.45, 7) is 5.95. The van der Waals surface area contributed by atoms with Gasteiger partial charge in [0.25, 0.3) is 0 Å². The number of nitrogens with one attached hydrogen (secondary N) is 1. The van der Waals surface area contributed by atoms with Gasteiger partial charge in [0, 0.05) is 31.2 Å². The normalized spacial score (nSPS) is 15.6. The highest BCUT2D eigenvalue weighted by Crippen LogP contribution is 2.20. The Balaban J connectivity index is 1.73. The third kappa shape index (κ3) is 2.73. The van der Waals surface area contributed by atoms with Gasteiger partial charge in [0.05, 0.1) is 5.69 Å². The molecule has 1 saturated heterocycles. The minimum Gasteiger partial charge on any atom is -0.444 e. The van der Waals surface area contributed by atoms with E-state index in [1.807, 2.05) is 0 Å². The zero-order chi connectivity index (χ0) is 13.9. The van der Waals surface area contributed by atoms with Gasteiger partial charge in [-0.25, -0.2) is 9.37 Å². The fourth-order valence-corrected chi connectivity index (χ4v) is 2.37. The highest BCUT2D eigenvalue weighted by atomic mass is 19.1. The summed E-state index contributed by atoms with van der Waals surface area (Å²) < 4.78 is 18.7. The van der Waals surface area contributed by atoms with Crippen molar-refractivity contribution < 1.29 is 8.81 Å². The Morgan fingerprint density at radius 3 is 2.95 bits per heavy atom. The predicted molar refractivity (Wildman–Crippen MR) is 74.6 cm³/mol. The number of oxazole rings is 1. The first-order valence-electron chi connectivity index (χ1n) is 6.91. The van der Waals surface area contributed by atoms with Crippen LogP contribution in [0.15, 0.2) is 34.9 Å². The van der Waals surface area contributed by atoms with Gasteiger partial charge in [-0.05, 0) is 24.7 Å². The molecule has 0 spiro atoms. The SMILES string of the molecule is CCN(Cc1coc(-c2cccc(F)c2)n1)C1CNC1. The summed E-state index contributed by atoms with van der Waals surface area (Å²) in [5, 5.41) is 3.27.